The maximum Gasteiger partial charge on any atom is 0.254 e. The van der Waals surface area contributed by atoms with Crippen LogP contribution in [0.1, 0.15) is 23.2 Å². The van der Waals surface area contributed by atoms with Gasteiger partial charge in [0.05, 0.1) is 18.4 Å². The summed E-state index contributed by atoms with van der Waals surface area (Å²) < 4.78 is 5.46. The fourth-order valence-electron chi connectivity index (χ4n) is 3.14. The molecule has 1 aliphatic carbocycles. The Balaban J connectivity index is 1.37. The number of anilines is 2. The Morgan fingerprint density at radius 2 is 1.73 bits per heavy atom. The van der Waals surface area contributed by atoms with Gasteiger partial charge in [0.25, 0.3) is 5.91 Å². The molecule has 0 atom stereocenters. The number of rotatable bonds is 5. The summed E-state index contributed by atoms with van der Waals surface area (Å²) in [6, 6.07) is 8.41. The number of piperazine rings is 1. The van der Waals surface area contributed by atoms with Gasteiger partial charge >= 0.3 is 0 Å². The molecule has 7 nitrogen and oxygen atoms in total. The molecule has 26 heavy (non-hydrogen) atoms. The van der Waals surface area contributed by atoms with E-state index in [2.05, 4.69) is 31.2 Å². The van der Waals surface area contributed by atoms with Gasteiger partial charge in [-0.05, 0) is 25.0 Å². The van der Waals surface area contributed by atoms with Gasteiger partial charge < -0.3 is 19.9 Å². The molecule has 2 aromatic rings. The molecule has 136 valence electrons. The third-order valence-electron chi connectivity index (χ3n) is 4.80. The average molecular weight is 353 g/mol. The second-order valence-electron chi connectivity index (χ2n) is 6.67. The number of para-hydroxylation sites is 2. The summed E-state index contributed by atoms with van der Waals surface area (Å²) in [5.41, 5.74) is 1.64. The van der Waals surface area contributed by atoms with Crippen molar-refractivity contribution in [1.82, 2.24) is 15.3 Å². The van der Waals surface area contributed by atoms with Crippen LogP contribution >= 0.6 is 0 Å². The SMILES string of the molecule is COc1ccccc1N1CCN(c2ncc(C(=O)NC3CC3)cn2)CC1. The van der Waals surface area contributed by atoms with E-state index >= 15 is 0 Å². The number of nitrogens with zero attached hydrogens (tertiary/aromatic N) is 4. The number of carbonyl (C=O) groups excluding carboxylic acids is 1. The second-order valence-corrected chi connectivity index (χ2v) is 6.67. The maximum absolute atomic E-state index is 12.0. The molecule has 0 radical (unpaired) electrons. The van der Waals surface area contributed by atoms with Gasteiger partial charge in [-0.3, -0.25) is 4.79 Å². The summed E-state index contributed by atoms with van der Waals surface area (Å²) in [5, 5.41) is 2.95. The van der Waals surface area contributed by atoms with Crippen LogP contribution in [-0.4, -0.2) is 55.2 Å². The topological polar surface area (TPSA) is 70.6 Å². The maximum atomic E-state index is 12.0. The third-order valence-corrected chi connectivity index (χ3v) is 4.80. The van der Waals surface area contributed by atoms with Gasteiger partial charge in [-0.15, -0.1) is 0 Å². The lowest BCUT2D eigenvalue weighted by molar-refractivity contribution is 0.0950. The Kier molecular flexibility index (Phi) is 4.60. The van der Waals surface area contributed by atoms with Crippen molar-refractivity contribution in [2.75, 3.05) is 43.1 Å². The molecule has 1 N–H and O–H groups in total. The zero-order chi connectivity index (χ0) is 17.9. The molecular weight excluding hydrogens is 330 g/mol. The van der Waals surface area contributed by atoms with Crippen LogP contribution in [0.2, 0.25) is 0 Å². The summed E-state index contributed by atoms with van der Waals surface area (Å²) >= 11 is 0. The van der Waals surface area contributed by atoms with Crippen LogP contribution in [0.25, 0.3) is 0 Å². The Morgan fingerprint density at radius 3 is 2.38 bits per heavy atom. The largest absolute Gasteiger partial charge is 0.495 e. The number of amides is 1. The lowest BCUT2D eigenvalue weighted by atomic mass is 10.2. The lowest BCUT2D eigenvalue weighted by Gasteiger charge is -2.36. The Hall–Kier alpha value is -2.83. The number of ether oxygens (including phenoxy) is 1. The van der Waals surface area contributed by atoms with E-state index in [4.69, 9.17) is 4.74 Å². The first-order valence-corrected chi connectivity index (χ1v) is 9.00. The van der Waals surface area contributed by atoms with E-state index in [0.29, 0.717) is 17.6 Å². The molecule has 1 saturated carbocycles. The van der Waals surface area contributed by atoms with Crippen LogP contribution in [0.5, 0.6) is 5.75 Å². The molecule has 2 aliphatic rings. The summed E-state index contributed by atoms with van der Waals surface area (Å²) in [6.07, 6.45) is 5.38. The molecule has 1 saturated heterocycles. The quantitative estimate of drug-likeness (QED) is 0.882. The van der Waals surface area contributed by atoms with E-state index < -0.39 is 0 Å². The Labute approximate surface area is 153 Å². The third kappa shape index (κ3) is 3.56. The van der Waals surface area contributed by atoms with Crippen LogP contribution in [0.4, 0.5) is 11.6 Å². The van der Waals surface area contributed by atoms with Crippen LogP contribution in [0.3, 0.4) is 0 Å². The van der Waals surface area contributed by atoms with Crippen molar-refractivity contribution in [1.29, 1.82) is 0 Å². The van der Waals surface area contributed by atoms with Gasteiger partial charge in [0.1, 0.15) is 5.75 Å². The number of carbonyl (C=O) groups is 1. The number of aromatic nitrogens is 2. The molecule has 2 heterocycles. The number of benzene rings is 1. The number of hydrogen-bond donors (Lipinski definition) is 1. The van der Waals surface area contributed by atoms with E-state index in [9.17, 15) is 4.79 Å². The summed E-state index contributed by atoms with van der Waals surface area (Å²) in [4.78, 5) is 25.3. The standard InChI is InChI=1S/C19H23N5O2/c1-26-17-5-3-2-4-16(17)23-8-10-24(11-9-23)19-20-12-14(13-21-19)18(25)22-15-6-7-15/h2-5,12-13,15H,6-11H2,1H3,(H,22,25). The monoisotopic (exact) mass is 353 g/mol. The first-order valence-electron chi connectivity index (χ1n) is 9.00. The van der Waals surface area contributed by atoms with Crippen LogP contribution in [0.15, 0.2) is 36.7 Å². The molecule has 0 bridgehead atoms. The highest BCUT2D eigenvalue weighted by molar-refractivity contribution is 5.94. The smallest absolute Gasteiger partial charge is 0.254 e. The minimum absolute atomic E-state index is 0.0833. The fraction of sp³-hybridized carbons (Fsp3) is 0.421. The van der Waals surface area contributed by atoms with E-state index in [-0.39, 0.29) is 5.91 Å². The van der Waals surface area contributed by atoms with Gasteiger partial charge in [0.15, 0.2) is 0 Å². The molecule has 1 aromatic heterocycles. The highest BCUT2D eigenvalue weighted by atomic mass is 16.5. The molecule has 1 aromatic carbocycles. The molecule has 0 unspecified atom stereocenters. The van der Waals surface area contributed by atoms with Crippen molar-refractivity contribution in [3.63, 3.8) is 0 Å². The summed E-state index contributed by atoms with van der Waals surface area (Å²) in [5.74, 6) is 1.48. The Morgan fingerprint density at radius 1 is 1.08 bits per heavy atom. The van der Waals surface area contributed by atoms with Crippen molar-refractivity contribution >= 4 is 17.5 Å². The van der Waals surface area contributed by atoms with Gasteiger partial charge in [-0.25, -0.2) is 9.97 Å². The Bertz CT molecular complexity index is 768. The van der Waals surface area contributed by atoms with E-state index in [0.717, 1.165) is 50.5 Å². The summed E-state index contributed by atoms with van der Waals surface area (Å²) in [7, 11) is 1.70. The number of hydrogen-bond acceptors (Lipinski definition) is 6. The van der Waals surface area contributed by atoms with Gasteiger partial charge in [-0.2, -0.15) is 0 Å². The van der Waals surface area contributed by atoms with Crippen molar-refractivity contribution in [2.24, 2.45) is 0 Å². The zero-order valence-corrected chi connectivity index (χ0v) is 14.9. The minimum Gasteiger partial charge on any atom is -0.495 e. The number of nitrogens with one attached hydrogen (secondary N) is 1. The van der Waals surface area contributed by atoms with Crippen LogP contribution in [-0.2, 0) is 0 Å². The van der Waals surface area contributed by atoms with Gasteiger partial charge in [0, 0.05) is 44.6 Å². The van der Waals surface area contributed by atoms with Crippen LogP contribution < -0.4 is 19.9 Å². The molecule has 4 rings (SSSR count). The molecule has 2 fully saturated rings. The van der Waals surface area contributed by atoms with Crippen molar-refractivity contribution < 1.29 is 9.53 Å². The van der Waals surface area contributed by atoms with E-state index in [1.165, 1.54) is 0 Å². The molecule has 1 amide bonds. The molecular formula is C19H23N5O2. The molecule has 1 aliphatic heterocycles. The molecule has 0 spiro atoms. The van der Waals surface area contributed by atoms with Crippen molar-refractivity contribution in [2.45, 2.75) is 18.9 Å². The van der Waals surface area contributed by atoms with Crippen molar-refractivity contribution in [3.8, 4) is 5.75 Å². The van der Waals surface area contributed by atoms with E-state index in [1.54, 1.807) is 19.5 Å². The van der Waals surface area contributed by atoms with Crippen molar-refractivity contribution in [3.05, 3.63) is 42.2 Å². The average Bonchev–Trinajstić information content (AvgIpc) is 3.52. The van der Waals surface area contributed by atoms with Gasteiger partial charge in [0.2, 0.25) is 5.95 Å². The highest BCUT2D eigenvalue weighted by Gasteiger charge is 2.25. The minimum atomic E-state index is -0.0833. The fourth-order valence-corrected chi connectivity index (χ4v) is 3.14. The van der Waals surface area contributed by atoms with Gasteiger partial charge in [-0.1, -0.05) is 12.1 Å². The summed E-state index contributed by atoms with van der Waals surface area (Å²) in [6.45, 7) is 3.39. The predicted octanol–water partition coefficient (Wildman–Crippen LogP) is 1.70. The predicted molar refractivity (Wildman–Crippen MR) is 99.9 cm³/mol. The number of methoxy groups -OCH3 is 1. The lowest BCUT2D eigenvalue weighted by Crippen LogP contribution is -2.47. The first-order chi connectivity index (χ1) is 12.7. The second kappa shape index (κ2) is 7.19. The first kappa shape index (κ1) is 16.6. The zero-order valence-electron chi connectivity index (χ0n) is 14.9. The van der Waals surface area contributed by atoms with E-state index in [1.807, 2.05) is 18.2 Å². The normalized spacial score (nSPS) is 17.1. The highest BCUT2D eigenvalue weighted by Crippen LogP contribution is 2.28. The van der Waals surface area contributed by atoms with Crippen LogP contribution in [0, 0.1) is 0 Å². The molecule has 7 heteroatoms.